The Hall–Kier alpha value is -1.11. The smallest absolute Gasteiger partial charge is 0.251 e. The second-order valence-corrected chi connectivity index (χ2v) is 6.37. The largest absolute Gasteiger partial charge is 0.392 e. The van der Waals surface area contributed by atoms with Crippen molar-refractivity contribution in [1.29, 1.82) is 0 Å². The summed E-state index contributed by atoms with van der Waals surface area (Å²) < 4.78 is 22.9. The average molecular weight is 292 g/mol. The second-order valence-electron chi connectivity index (χ2n) is 3.98. The van der Waals surface area contributed by atoms with E-state index in [0.29, 0.717) is 0 Å². The summed E-state index contributed by atoms with van der Waals surface area (Å²) in [7, 11) is -3.48. The molecular formula is C11H14ClNO4S. The fourth-order valence-corrected chi connectivity index (χ4v) is 2.57. The number of aliphatic hydroxyl groups excluding tert-OH is 1. The first-order chi connectivity index (χ1) is 8.21. The van der Waals surface area contributed by atoms with Crippen molar-refractivity contribution in [3.8, 4) is 0 Å². The van der Waals surface area contributed by atoms with Gasteiger partial charge in [-0.15, -0.1) is 0 Å². The maximum Gasteiger partial charge on any atom is 0.251 e. The van der Waals surface area contributed by atoms with E-state index in [2.05, 4.69) is 5.32 Å². The van der Waals surface area contributed by atoms with Gasteiger partial charge in [0.2, 0.25) is 0 Å². The van der Waals surface area contributed by atoms with Gasteiger partial charge in [-0.05, 0) is 25.1 Å². The van der Waals surface area contributed by atoms with E-state index < -0.39 is 21.8 Å². The Morgan fingerprint density at radius 2 is 2.11 bits per heavy atom. The molecule has 0 aromatic heterocycles. The molecule has 0 aliphatic rings. The standard InChI is InChI=1S/C11H14ClNO4S/c1-7(14)6-13-11(15)8-3-4-9(12)10(5-8)18(2,16)17/h3-5,7,14H,6H2,1-2H3,(H,13,15)/t7-/m0/s1. The van der Waals surface area contributed by atoms with Gasteiger partial charge in [0, 0.05) is 18.4 Å². The highest BCUT2D eigenvalue weighted by Crippen LogP contribution is 2.22. The molecule has 7 heteroatoms. The number of sulfone groups is 1. The second kappa shape index (κ2) is 5.69. The van der Waals surface area contributed by atoms with E-state index in [1.165, 1.54) is 25.1 Å². The summed E-state index contributed by atoms with van der Waals surface area (Å²) in [5.74, 6) is -0.461. The molecule has 2 N–H and O–H groups in total. The molecule has 100 valence electrons. The Bertz CT molecular complexity index is 554. The number of halogens is 1. The van der Waals surface area contributed by atoms with Gasteiger partial charge in [0.05, 0.1) is 16.0 Å². The molecule has 0 spiro atoms. The number of hydrogen-bond acceptors (Lipinski definition) is 4. The van der Waals surface area contributed by atoms with Gasteiger partial charge in [0.15, 0.2) is 9.84 Å². The summed E-state index contributed by atoms with van der Waals surface area (Å²) in [5.41, 5.74) is 0.181. The first kappa shape index (κ1) is 14.9. The predicted octanol–water partition coefficient (Wildman–Crippen LogP) is 0.854. The van der Waals surface area contributed by atoms with E-state index in [1.54, 1.807) is 0 Å². The zero-order chi connectivity index (χ0) is 13.9. The number of rotatable bonds is 4. The normalized spacial score (nSPS) is 13.1. The first-order valence-electron chi connectivity index (χ1n) is 5.17. The number of hydrogen-bond donors (Lipinski definition) is 2. The summed E-state index contributed by atoms with van der Waals surface area (Å²) in [4.78, 5) is 11.6. The minimum atomic E-state index is -3.48. The molecule has 0 aliphatic heterocycles. The highest BCUT2D eigenvalue weighted by molar-refractivity contribution is 7.90. The van der Waals surface area contributed by atoms with Gasteiger partial charge in [-0.25, -0.2) is 8.42 Å². The summed E-state index contributed by atoms with van der Waals surface area (Å²) in [6, 6.07) is 4.00. The van der Waals surface area contributed by atoms with Crippen LogP contribution in [0.3, 0.4) is 0 Å². The van der Waals surface area contributed by atoms with Gasteiger partial charge in [-0.3, -0.25) is 4.79 Å². The Morgan fingerprint density at radius 1 is 1.50 bits per heavy atom. The lowest BCUT2D eigenvalue weighted by atomic mass is 10.2. The van der Waals surface area contributed by atoms with Crippen LogP contribution < -0.4 is 5.32 Å². The van der Waals surface area contributed by atoms with Crippen LogP contribution in [0.25, 0.3) is 0 Å². The molecule has 0 aliphatic carbocycles. The molecule has 0 saturated heterocycles. The highest BCUT2D eigenvalue weighted by Gasteiger charge is 2.15. The van der Waals surface area contributed by atoms with E-state index in [0.717, 1.165) is 6.26 Å². The van der Waals surface area contributed by atoms with Gasteiger partial charge in [0.25, 0.3) is 5.91 Å². The Labute approximate surface area is 111 Å². The molecule has 0 bridgehead atoms. The molecule has 0 heterocycles. The van der Waals surface area contributed by atoms with Crippen molar-refractivity contribution in [2.75, 3.05) is 12.8 Å². The van der Waals surface area contributed by atoms with Gasteiger partial charge < -0.3 is 10.4 Å². The van der Waals surface area contributed by atoms with Gasteiger partial charge in [0.1, 0.15) is 0 Å². The molecule has 0 radical (unpaired) electrons. The van der Waals surface area contributed by atoms with Crippen LogP contribution in [-0.2, 0) is 9.84 Å². The highest BCUT2D eigenvalue weighted by atomic mass is 35.5. The maximum absolute atomic E-state index is 11.7. The third-order valence-corrected chi connectivity index (χ3v) is 3.73. The predicted molar refractivity (Wildman–Crippen MR) is 68.6 cm³/mol. The summed E-state index contributed by atoms with van der Waals surface area (Å²) in [6.45, 7) is 1.62. The van der Waals surface area contributed by atoms with Crippen molar-refractivity contribution >= 4 is 27.3 Å². The minimum absolute atomic E-state index is 0.0737. The van der Waals surface area contributed by atoms with Gasteiger partial charge in [-0.1, -0.05) is 11.6 Å². The Balaban J connectivity index is 3.02. The van der Waals surface area contributed by atoms with Crippen LogP contribution in [0.5, 0.6) is 0 Å². The first-order valence-corrected chi connectivity index (χ1v) is 7.44. The summed E-state index contributed by atoms with van der Waals surface area (Å²) >= 11 is 5.76. The van der Waals surface area contributed by atoms with E-state index in [9.17, 15) is 13.2 Å². The van der Waals surface area contributed by atoms with E-state index in [-0.39, 0.29) is 22.0 Å². The maximum atomic E-state index is 11.7. The molecule has 0 unspecified atom stereocenters. The molecule has 1 atom stereocenters. The molecule has 1 amide bonds. The monoisotopic (exact) mass is 291 g/mol. The third kappa shape index (κ3) is 3.97. The Kier molecular flexibility index (Phi) is 4.72. The fraction of sp³-hybridized carbons (Fsp3) is 0.364. The van der Waals surface area contributed by atoms with Crippen LogP contribution >= 0.6 is 11.6 Å². The molecular weight excluding hydrogens is 278 g/mol. The minimum Gasteiger partial charge on any atom is -0.392 e. The van der Waals surface area contributed by atoms with E-state index >= 15 is 0 Å². The van der Waals surface area contributed by atoms with Crippen LogP contribution in [0, 0.1) is 0 Å². The molecule has 5 nitrogen and oxygen atoms in total. The van der Waals surface area contributed by atoms with E-state index in [4.69, 9.17) is 16.7 Å². The SMILES string of the molecule is C[C@H](O)CNC(=O)c1ccc(Cl)c(S(C)(=O)=O)c1. The molecule has 1 rings (SSSR count). The molecule has 1 aromatic carbocycles. The van der Waals surface area contributed by atoms with Crippen molar-refractivity contribution < 1.29 is 18.3 Å². The molecule has 18 heavy (non-hydrogen) atoms. The number of amides is 1. The summed E-state index contributed by atoms with van der Waals surface area (Å²) in [6.07, 6.45) is 0.349. The average Bonchev–Trinajstić information content (AvgIpc) is 2.24. The number of aliphatic hydroxyl groups is 1. The molecule has 0 saturated carbocycles. The lowest BCUT2D eigenvalue weighted by Gasteiger charge is -2.08. The van der Waals surface area contributed by atoms with Crippen LogP contribution in [0.2, 0.25) is 5.02 Å². The lowest BCUT2D eigenvalue weighted by molar-refractivity contribution is 0.0924. The number of carbonyl (C=O) groups excluding carboxylic acids is 1. The van der Waals surface area contributed by atoms with Gasteiger partial charge >= 0.3 is 0 Å². The number of nitrogens with one attached hydrogen (secondary N) is 1. The van der Waals surface area contributed by atoms with Crippen molar-refractivity contribution in [2.45, 2.75) is 17.9 Å². The van der Waals surface area contributed by atoms with Crippen molar-refractivity contribution in [3.05, 3.63) is 28.8 Å². The quantitative estimate of drug-likeness (QED) is 0.861. The number of carbonyl (C=O) groups is 1. The number of benzene rings is 1. The summed E-state index contributed by atoms with van der Waals surface area (Å²) in [5, 5.41) is 11.6. The fourth-order valence-electron chi connectivity index (χ4n) is 1.27. The van der Waals surface area contributed by atoms with Crippen LogP contribution in [0.1, 0.15) is 17.3 Å². The lowest BCUT2D eigenvalue weighted by Crippen LogP contribution is -2.30. The third-order valence-electron chi connectivity index (χ3n) is 2.15. The van der Waals surface area contributed by atoms with Crippen molar-refractivity contribution in [2.24, 2.45) is 0 Å². The zero-order valence-electron chi connectivity index (χ0n) is 9.97. The van der Waals surface area contributed by atoms with Crippen LogP contribution in [0.15, 0.2) is 23.1 Å². The Morgan fingerprint density at radius 3 is 2.61 bits per heavy atom. The zero-order valence-corrected chi connectivity index (χ0v) is 11.5. The molecule has 0 fully saturated rings. The van der Waals surface area contributed by atoms with Crippen molar-refractivity contribution in [3.63, 3.8) is 0 Å². The van der Waals surface area contributed by atoms with Crippen LogP contribution in [0.4, 0.5) is 0 Å². The topological polar surface area (TPSA) is 83.5 Å². The van der Waals surface area contributed by atoms with Crippen LogP contribution in [-0.4, -0.2) is 38.3 Å². The molecule has 1 aromatic rings. The van der Waals surface area contributed by atoms with E-state index in [1.807, 2.05) is 0 Å². The van der Waals surface area contributed by atoms with Gasteiger partial charge in [-0.2, -0.15) is 0 Å². The van der Waals surface area contributed by atoms with Crippen molar-refractivity contribution in [1.82, 2.24) is 5.32 Å².